The molecule has 7 aromatic heterocycles. The molecular weight excluding hydrogens is 1410 g/mol. The number of anilines is 3. The Labute approximate surface area is 550 Å². The zero-order valence-electron chi connectivity index (χ0n) is 47.2. The Morgan fingerprint density at radius 2 is 1.01 bits per heavy atom. The number of aryl methyl sites for hydroxylation is 1. The van der Waals surface area contributed by atoms with Crippen LogP contribution in [-0.2, 0) is 28.1 Å². The van der Waals surface area contributed by atoms with Crippen molar-refractivity contribution in [2.45, 2.75) is 14.9 Å². The van der Waals surface area contributed by atoms with Crippen molar-refractivity contribution in [3.63, 3.8) is 0 Å². The fraction of sp³-hybridized carbons (Fsp3) is 0.0526. The molecule has 0 saturated heterocycles. The van der Waals surface area contributed by atoms with Gasteiger partial charge in [-0.2, -0.15) is 23.4 Å². The first-order valence-corrected chi connectivity index (χ1v) is 28.4. The standard InChI is InChI=1S/C37H25N4O2.C37H23N4O2.2CH4.HI.Pt/c2*1-39-23-40(33-15-6-5-14-32(33)39)24-9-8-10-25(19-24)42-26-17-18-28-27-11-2-4-13-31(27)41(34(28)20-26)37-21-36-30(22-38-37)29-12-3-7-16-35(29)43-36;;;;/h2-23H,1H3;2-18,21-23H,1H3;2*1H4;1H;/q+1;-3;;;;/p-1. The van der Waals surface area contributed by atoms with E-state index in [2.05, 4.69) is 182 Å². The van der Waals surface area contributed by atoms with Crippen LogP contribution < -0.4 is 47.8 Å². The summed E-state index contributed by atoms with van der Waals surface area (Å²) in [4.78, 5) is 14.0. The molecule has 12 nitrogen and oxygen atoms in total. The molecule has 0 N–H and O–H groups in total. The molecule has 14 heteroatoms. The van der Waals surface area contributed by atoms with Gasteiger partial charge in [0.25, 0.3) is 0 Å². The summed E-state index contributed by atoms with van der Waals surface area (Å²) in [6.07, 6.45) is 5.90. The smallest absolute Gasteiger partial charge is 0.249 e. The van der Waals surface area contributed by atoms with Gasteiger partial charge in [-0.25, -0.2) is 14.5 Å². The van der Waals surface area contributed by atoms with Gasteiger partial charge in [0.1, 0.15) is 51.2 Å². The topological polar surface area (TPSA) is 95.7 Å². The number of para-hydroxylation sites is 8. The van der Waals surface area contributed by atoms with E-state index in [1.54, 1.807) is 0 Å². The first-order chi connectivity index (χ1) is 42.4. The van der Waals surface area contributed by atoms with Crippen molar-refractivity contribution in [2.24, 2.45) is 7.05 Å². The van der Waals surface area contributed by atoms with E-state index >= 15 is 0 Å². The van der Waals surface area contributed by atoms with Crippen molar-refractivity contribution in [3.8, 4) is 40.3 Å². The molecule has 0 aliphatic carbocycles. The van der Waals surface area contributed by atoms with E-state index in [0.717, 1.165) is 139 Å². The molecule has 90 heavy (non-hydrogen) atoms. The number of aromatic nitrogens is 6. The maximum atomic E-state index is 6.49. The Balaban J connectivity index is 0.000000158. The van der Waals surface area contributed by atoms with Gasteiger partial charge in [-0.05, 0) is 85.2 Å². The van der Waals surface area contributed by atoms with Crippen molar-refractivity contribution in [1.82, 2.24) is 23.7 Å². The van der Waals surface area contributed by atoms with E-state index in [1.807, 2.05) is 129 Å². The molecule has 0 amide bonds. The Morgan fingerprint density at radius 3 is 1.73 bits per heavy atom. The molecule has 1 aliphatic heterocycles. The van der Waals surface area contributed by atoms with Crippen molar-refractivity contribution >= 4 is 116 Å². The van der Waals surface area contributed by atoms with E-state index in [1.165, 1.54) is 5.52 Å². The van der Waals surface area contributed by atoms with Gasteiger partial charge in [0.05, 0.1) is 18.1 Å². The molecular formula is C76H56IN8O4Pt-3. The van der Waals surface area contributed by atoms with Gasteiger partial charge in [0.2, 0.25) is 6.33 Å². The molecule has 0 radical (unpaired) electrons. The third-order valence-corrected chi connectivity index (χ3v) is 16.3. The summed E-state index contributed by atoms with van der Waals surface area (Å²) in [5, 5.41) is 8.60. The van der Waals surface area contributed by atoms with Gasteiger partial charge in [-0.3, -0.25) is 4.57 Å². The summed E-state index contributed by atoms with van der Waals surface area (Å²) in [6.45, 7) is 2.06. The number of hydrogen-bond acceptors (Lipinski definition) is 8. The quantitative estimate of drug-likeness (QED) is 0.0843. The van der Waals surface area contributed by atoms with E-state index in [0.29, 0.717) is 11.5 Å². The maximum absolute atomic E-state index is 6.49. The molecule has 18 rings (SSSR count). The zero-order chi connectivity index (χ0) is 57.0. The third-order valence-electron chi connectivity index (χ3n) is 16.3. The second-order valence-electron chi connectivity index (χ2n) is 21.5. The molecule has 0 atom stereocenters. The van der Waals surface area contributed by atoms with Crippen LogP contribution in [0.5, 0.6) is 23.0 Å². The average Bonchev–Trinajstić information content (AvgIpc) is 2.17. The predicted octanol–water partition coefficient (Wildman–Crippen LogP) is 16.1. The minimum absolute atomic E-state index is 0. The second-order valence-corrected chi connectivity index (χ2v) is 21.5. The Kier molecular flexibility index (Phi) is 15.5. The largest absolute Gasteiger partial charge is 1.00 e. The van der Waals surface area contributed by atoms with Crippen LogP contribution >= 0.6 is 0 Å². The number of hydrogen-bond donors (Lipinski definition) is 0. The van der Waals surface area contributed by atoms with E-state index in [9.17, 15) is 0 Å². The summed E-state index contributed by atoms with van der Waals surface area (Å²) in [5.74, 6) is 4.27. The van der Waals surface area contributed by atoms with Gasteiger partial charge in [-0.1, -0.05) is 123 Å². The van der Waals surface area contributed by atoms with Crippen molar-refractivity contribution in [3.05, 3.63) is 268 Å². The number of halogens is 1. The number of imidazole rings is 1. The predicted molar refractivity (Wildman–Crippen MR) is 355 cm³/mol. The third kappa shape index (κ3) is 9.85. The molecule has 1 aliphatic rings. The molecule has 0 bridgehead atoms. The summed E-state index contributed by atoms with van der Waals surface area (Å²) in [6, 6.07) is 85.0. The van der Waals surface area contributed by atoms with Crippen LogP contribution in [-0.4, -0.2) is 30.7 Å². The second kappa shape index (κ2) is 23.7. The first-order valence-electron chi connectivity index (χ1n) is 28.4. The number of fused-ring (bicyclic) bond motifs is 14. The van der Waals surface area contributed by atoms with Gasteiger partial charge in [0.15, 0.2) is 11.0 Å². The molecule has 8 heterocycles. The Hall–Kier alpha value is -10.2. The van der Waals surface area contributed by atoms with Gasteiger partial charge in [0, 0.05) is 118 Å². The van der Waals surface area contributed by atoms with Gasteiger partial charge < -0.3 is 56.7 Å². The monoisotopic (exact) mass is 1470 g/mol. The zero-order valence-corrected chi connectivity index (χ0v) is 51.6. The van der Waals surface area contributed by atoms with Crippen molar-refractivity contribution in [1.29, 1.82) is 0 Å². The summed E-state index contributed by atoms with van der Waals surface area (Å²) in [5.41, 5.74) is 13.8. The van der Waals surface area contributed by atoms with Crippen molar-refractivity contribution in [2.75, 3.05) is 16.8 Å². The van der Waals surface area contributed by atoms with Crippen LogP contribution in [0.1, 0.15) is 14.9 Å². The Morgan fingerprint density at radius 1 is 0.456 bits per heavy atom. The normalized spacial score (nSPS) is 11.9. The summed E-state index contributed by atoms with van der Waals surface area (Å²) >= 11 is 0. The molecule has 0 unspecified atom stereocenters. The fourth-order valence-corrected chi connectivity index (χ4v) is 12.4. The number of pyridine rings is 2. The number of rotatable bonds is 8. The van der Waals surface area contributed by atoms with E-state index in [4.69, 9.17) is 28.3 Å². The van der Waals surface area contributed by atoms with Gasteiger partial charge in [-0.15, -0.1) is 41.4 Å². The molecule has 0 spiro atoms. The number of ether oxygens (including phenoxy) is 2. The number of nitrogens with zero attached hydrogens (tertiary/aromatic N) is 8. The molecule has 17 aromatic rings. The average molecular weight is 1470 g/mol. The molecule has 444 valence electrons. The first kappa shape index (κ1) is 58.8. The van der Waals surface area contributed by atoms with Gasteiger partial charge >= 0.3 is 0 Å². The van der Waals surface area contributed by atoms with Crippen LogP contribution in [0.25, 0.3) is 116 Å². The Bertz CT molecular complexity index is 5570. The minimum atomic E-state index is 0. The number of benzene rings is 10. The van der Waals surface area contributed by atoms with Crippen LogP contribution in [0.15, 0.2) is 258 Å². The summed E-state index contributed by atoms with van der Waals surface area (Å²) < 4.78 is 33.9. The van der Waals surface area contributed by atoms with Crippen LogP contribution in [0.4, 0.5) is 17.1 Å². The van der Waals surface area contributed by atoms with Crippen molar-refractivity contribution < 1.29 is 67.9 Å². The summed E-state index contributed by atoms with van der Waals surface area (Å²) in [7, 11) is 4.11. The van der Waals surface area contributed by atoms with E-state index in [-0.39, 0.29) is 59.9 Å². The maximum Gasteiger partial charge on any atom is 0.249 e. The van der Waals surface area contributed by atoms with Crippen LogP contribution in [0, 0.1) is 18.8 Å². The van der Waals surface area contributed by atoms with Crippen LogP contribution in [0.2, 0.25) is 0 Å². The van der Waals surface area contributed by atoms with Crippen LogP contribution in [0.3, 0.4) is 0 Å². The fourth-order valence-electron chi connectivity index (χ4n) is 12.4. The molecule has 0 fully saturated rings. The SMILES string of the molecule is C.C.CN1[CH-]N(c2[c-]c(Oc3[c-]c4c(cc3)c3ccccc3n4-c3cc4oc5ccccc5c4cn3)ccc2)c2ccccc21.C[n+]1cn(-c2cccc(Oc3ccc4c5ccccc5n(-c5cc6oc7ccccc7c6cn5)c4c3)c2)c2ccccc21.[I-].[Pt]. The molecule has 10 aromatic carbocycles. The molecule has 0 saturated carbocycles. The minimum Gasteiger partial charge on any atom is -1.00 e. The number of furan rings is 2. The van der Waals surface area contributed by atoms with E-state index < -0.39 is 0 Å².